The third-order valence-electron chi connectivity index (χ3n) is 5.81. The van der Waals surface area contributed by atoms with Crippen molar-refractivity contribution in [2.45, 2.75) is 32.1 Å². The van der Waals surface area contributed by atoms with E-state index in [1.54, 1.807) is 31.0 Å². The van der Waals surface area contributed by atoms with Crippen molar-refractivity contribution in [1.29, 1.82) is 0 Å². The number of imidazole rings is 1. The summed E-state index contributed by atoms with van der Waals surface area (Å²) in [5.74, 6) is 0.263. The number of nitrogens with one attached hydrogen (secondary N) is 1. The molecule has 4 rings (SSSR count). The van der Waals surface area contributed by atoms with Crippen molar-refractivity contribution in [3.8, 4) is 0 Å². The predicted molar refractivity (Wildman–Crippen MR) is 99.9 cm³/mol. The normalized spacial score (nSPS) is 23.0. The summed E-state index contributed by atoms with van der Waals surface area (Å²) in [6.45, 7) is 2.92. The molecule has 2 amide bonds. The van der Waals surface area contributed by atoms with Crippen LogP contribution in [-0.2, 0) is 11.2 Å². The molecule has 0 radical (unpaired) electrons. The number of piperidine rings is 2. The number of H-pyrrole nitrogens is 1. The third-order valence-corrected chi connectivity index (χ3v) is 5.81. The summed E-state index contributed by atoms with van der Waals surface area (Å²) in [6, 6.07) is 3.61. The molecule has 2 aliphatic heterocycles. The molecule has 0 saturated carbocycles. The average Bonchev–Trinajstić information content (AvgIpc) is 3.23. The van der Waals surface area contributed by atoms with Crippen molar-refractivity contribution >= 4 is 11.8 Å². The van der Waals surface area contributed by atoms with E-state index in [2.05, 4.69) is 15.0 Å². The molecule has 2 aromatic heterocycles. The van der Waals surface area contributed by atoms with Gasteiger partial charge in [-0.1, -0.05) is 0 Å². The van der Waals surface area contributed by atoms with E-state index in [4.69, 9.17) is 0 Å². The lowest BCUT2D eigenvalue weighted by atomic mass is 9.73. The molecule has 2 aromatic rings. The maximum Gasteiger partial charge on any atom is 0.255 e. The molecule has 1 spiro atoms. The van der Waals surface area contributed by atoms with Crippen LogP contribution in [0.4, 0.5) is 0 Å². The Morgan fingerprint density at radius 1 is 1.22 bits per heavy atom. The zero-order valence-electron chi connectivity index (χ0n) is 15.4. The van der Waals surface area contributed by atoms with Crippen LogP contribution in [0.5, 0.6) is 0 Å². The summed E-state index contributed by atoms with van der Waals surface area (Å²) in [5, 5.41) is 0. The SMILES string of the molecule is O=C1CCC2(CCCN(C(=O)c3cccnc3)C2)CN1CCc1cnc[nH]1. The Labute approximate surface area is 158 Å². The van der Waals surface area contributed by atoms with E-state index >= 15 is 0 Å². The minimum absolute atomic E-state index is 0.0119. The van der Waals surface area contributed by atoms with Crippen LogP contribution in [0, 0.1) is 5.41 Å². The fourth-order valence-corrected chi connectivity index (χ4v) is 4.37. The first-order valence-corrected chi connectivity index (χ1v) is 9.60. The van der Waals surface area contributed by atoms with Gasteiger partial charge in [0.15, 0.2) is 0 Å². The number of nitrogens with zero attached hydrogens (tertiary/aromatic N) is 4. The number of carbonyl (C=O) groups is 2. The van der Waals surface area contributed by atoms with E-state index in [1.165, 1.54) is 0 Å². The number of likely N-dealkylation sites (tertiary alicyclic amines) is 2. The first-order valence-electron chi connectivity index (χ1n) is 9.60. The molecule has 2 aliphatic rings. The monoisotopic (exact) mass is 367 g/mol. The van der Waals surface area contributed by atoms with Crippen molar-refractivity contribution in [2.24, 2.45) is 5.41 Å². The summed E-state index contributed by atoms with van der Waals surface area (Å²) in [6.07, 6.45) is 11.0. The van der Waals surface area contributed by atoms with Crippen LogP contribution in [0.3, 0.4) is 0 Å². The number of aromatic nitrogens is 3. The highest BCUT2D eigenvalue weighted by atomic mass is 16.2. The van der Waals surface area contributed by atoms with Gasteiger partial charge in [0, 0.05) is 68.7 Å². The van der Waals surface area contributed by atoms with Gasteiger partial charge in [0.25, 0.3) is 5.91 Å². The highest BCUT2D eigenvalue weighted by Crippen LogP contribution is 2.39. The van der Waals surface area contributed by atoms with E-state index in [-0.39, 0.29) is 17.2 Å². The number of rotatable bonds is 4. The molecule has 2 fully saturated rings. The molecule has 4 heterocycles. The number of aromatic amines is 1. The molecule has 1 atom stereocenters. The topological polar surface area (TPSA) is 82.2 Å². The van der Waals surface area contributed by atoms with Crippen LogP contribution >= 0.6 is 0 Å². The van der Waals surface area contributed by atoms with Crippen molar-refractivity contribution in [3.05, 3.63) is 48.3 Å². The summed E-state index contributed by atoms with van der Waals surface area (Å²) in [5.41, 5.74) is 1.69. The summed E-state index contributed by atoms with van der Waals surface area (Å²) in [4.78, 5) is 40.4. The fourth-order valence-electron chi connectivity index (χ4n) is 4.37. The van der Waals surface area contributed by atoms with E-state index in [1.807, 2.05) is 15.9 Å². The maximum absolute atomic E-state index is 12.8. The summed E-state index contributed by atoms with van der Waals surface area (Å²) >= 11 is 0. The van der Waals surface area contributed by atoms with Gasteiger partial charge in [-0.2, -0.15) is 0 Å². The van der Waals surface area contributed by atoms with Crippen LogP contribution in [0.25, 0.3) is 0 Å². The Morgan fingerprint density at radius 2 is 2.15 bits per heavy atom. The number of amides is 2. The van der Waals surface area contributed by atoms with Gasteiger partial charge in [0.1, 0.15) is 0 Å². The van der Waals surface area contributed by atoms with E-state index in [9.17, 15) is 9.59 Å². The molecule has 7 nitrogen and oxygen atoms in total. The summed E-state index contributed by atoms with van der Waals surface area (Å²) in [7, 11) is 0. The lowest BCUT2D eigenvalue weighted by molar-refractivity contribution is -0.138. The number of carbonyl (C=O) groups excluding carboxylic acids is 2. The van der Waals surface area contributed by atoms with Crippen LogP contribution in [0.15, 0.2) is 37.1 Å². The molecule has 0 aliphatic carbocycles. The Bertz CT molecular complexity index is 792. The minimum Gasteiger partial charge on any atom is -0.348 e. The van der Waals surface area contributed by atoms with Crippen molar-refractivity contribution < 1.29 is 9.59 Å². The second-order valence-electron chi connectivity index (χ2n) is 7.71. The van der Waals surface area contributed by atoms with Gasteiger partial charge in [-0.05, 0) is 31.4 Å². The molecule has 142 valence electrons. The van der Waals surface area contributed by atoms with Crippen molar-refractivity contribution in [2.75, 3.05) is 26.2 Å². The second kappa shape index (κ2) is 7.50. The Balaban J connectivity index is 1.43. The van der Waals surface area contributed by atoms with E-state index in [0.717, 1.165) is 44.5 Å². The predicted octanol–water partition coefficient (Wildman–Crippen LogP) is 1.89. The minimum atomic E-state index is 0.0119. The molecular formula is C20H25N5O2. The largest absolute Gasteiger partial charge is 0.348 e. The van der Waals surface area contributed by atoms with Gasteiger partial charge in [-0.3, -0.25) is 14.6 Å². The van der Waals surface area contributed by atoms with Gasteiger partial charge in [0.2, 0.25) is 5.91 Å². The van der Waals surface area contributed by atoms with E-state index in [0.29, 0.717) is 25.1 Å². The highest BCUT2D eigenvalue weighted by molar-refractivity contribution is 5.94. The first kappa shape index (κ1) is 17.7. The first-order chi connectivity index (χ1) is 13.2. The fraction of sp³-hybridized carbons (Fsp3) is 0.500. The molecule has 1 unspecified atom stereocenters. The van der Waals surface area contributed by atoms with Gasteiger partial charge in [-0.15, -0.1) is 0 Å². The lowest BCUT2D eigenvalue weighted by Gasteiger charge is -2.48. The van der Waals surface area contributed by atoms with Crippen LogP contribution in [0.1, 0.15) is 41.7 Å². The second-order valence-corrected chi connectivity index (χ2v) is 7.71. The number of hydrogen-bond donors (Lipinski definition) is 1. The molecule has 0 bridgehead atoms. The van der Waals surface area contributed by atoms with Crippen LogP contribution in [0.2, 0.25) is 0 Å². The standard InChI is InChI=1S/C20H25N5O2/c26-18-4-7-20(13-24(18)10-5-17-12-22-15-23-17)6-2-9-25(14-20)19(27)16-3-1-8-21-11-16/h1,3,8,11-12,15H,2,4-7,9-10,13-14H2,(H,22,23). The third kappa shape index (κ3) is 3.86. The zero-order chi connectivity index (χ0) is 18.7. The molecular weight excluding hydrogens is 342 g/mol. The molecule has 2 saturated heterocycles. The Hall–Kier alpha value is -2.70. The quantitative estimate of drug-likeness (QED) is 0.895. The molecule has 0 aromatic carbocycles. The van der Waals surface area contributed by atoms with Crippen molar-refractivity contribution in [3.63, 3.8) is 0 Å². The van der Waals surface area contributed by atoms with Crippen LogP contribution < -0.4 is 0 Å². The molecule has 7 heteroatoms. The maximum atomic E-state index is 12.8. The average molecular weight is 367 g/mol. The molecule has 1 N–H and O–H groups in total. The van der Waals surface area contributed by atoms with Crippen molar-refractivity contribution in [1.82, 2.24) is 24.8 Å². The Morgan fingerprint density at radius 3 is 2.93 bits per heavy atom. The smallest absolute Gasteiger partial charge is 0.255 e. The highest BCUT2D eigenvalue weighted by Gasteiger charge is 2.42. The summed E-state index contributed by atoms with van der Waals surface area (Å²) < 4.78 is 0. The number of pyridine rings is 1. The van der Waals surface area contributed by atoms with E-state index < -0.39 is 0 Å². The van der Waals surface area contributed by atoms with Gasteiger partial charge in [0.05, 0.1) is 11.9 Å². The van der Waals surface area contributed by atoms with Crippen LogP contribution in [-0.4, -0.2) is 62.7 Å². The molecule has 27 heavy (non-hydrogen) atoms. The number of hydrogen-bond acceptors (Lipinski definition) is 4. The lowest BCUT2D eigenvalue weighted by Crippen LogP contribution is -2.55. The zero-order valence-corrected chi connectivity index (χ0v) is 15.4. The van der Waals surface area contributed by atoms with Gasteiger partial charge in [-0.25, -0.2) is 4.98 Å². The van der Waals surface area contributed by atoms with Gasteiger partial charge >= 0.3 is 0 Å². The van der Waals surface area contributed by atoms with Gasteiger partial charge < -0.3 is 14.8 Å². The Kier molecular flexibility index (Phi) is 4.92.